The second kappa shape index (κ2) is 9.98. The number of nitriles is 1. The molecule has 0 radical (unpaired) electrons. The number of anilines is 1. The predicted octanol–water partition coefficient (Wildman–Crippen LogP) is 3.52. The number of aromatic nitrogens is 2. The van der Waals surface area contributed by atoms with Gasteiger partial charge in [-0.25, -0.2) is 0 Å². The molecule has 2 amide bonds. The number of carbonyl (C=O) groups is 2. The van der Waals surface area contributed by atoms with Crippen LogP contribution in [0.1, 0.15) is 27.2 Å². The molecule has 1 aromatic carbocycles. The van der Waals surface area contributed by atoms with E-state index in [-0.39, 0.29) is 24.8 Å². The molecule has 10 heteroatoms. The number of hydrogen-bond donors (Lipinski definition) is 2. The third kappa shape index (κ3) is 5.88. The van der Waals surface area contributed by atoms with Gasteiger partial charge in [-0.1, -0.05) is 41.3 Å². The lowest BCUT2D eigenvalue weighted by Gasteiger charge is -2.03. The van der Waals surface area contributed by atoms with Crippen LogP contribution in [0.2, 0.25) is 0 Å². The SMILES string of the molecule is N#Cc1ccc(CSc2nnc(NC(=O)CCNC(=O)c3cccs3)s2)cc1. The Morgan fingerprint density at radius 1 is 1.18 bits per heavy atom. The second-order valence-electron chi connectivity index (χ2n) is 5.50. The van der Waals surface area contributed by atoms with E-state index >= 15 is 0 Å². The van der Waals surface area contributed by atoms with E-state index in [4.69, 9.17) is 5.26 Å². The van der Waals surface area contributed by atoms with Gasteiger partial charge in [0.2, 0.25) is 11.0 Å². The van der Waals surface area contributed by atoms with Gasteiger partial charge in [-0.15, -0.1) is 21.5 Å². The van der Waals surface area contributed by atoms with Crippen molar-refractivity contribution in [2.24, 2.45) is 0 Å². The summed E-state index contributed by atoms with van der Waals surface area (Å²) < 4.78 is 0.741. The highest BCUT2D eigenvalue weighted by Crippen LogP contribution is 2.28. The molecule has 0 aliphatic rings. The lowest BCUT2D eigenvalue weighted by molar-refractivity contribution is -0.116. The Morgan fingerprint density at radius 2 is 2.00 bits per heavy atom. The van der Waals surface area contributed by atoms with Crippen LogP contribution in [0.25, 0.3) is 0 Å². The number of benzene rings is 1. The van der Waals surface area contributed by atoms with Crippen molar-refractivity contribution in [1.29, 1.82) is 5.26 Å². The van der Waals surface area contributed by atoms with Gasteiger partial charge in [-0.2, -0.15) is 5.26 Å². The molecule has 7 nitrogen and oxygen atoms in total. The van der Waals surface area contributed by atoms with Crippen molar-refractivity contribution in [3.05, 3.63) is 57.8 Å². The molecule has 0 bridgehead atoms. The van der Waals surface area contributed by atoms with E-state index in [1.807, 2.05) is 17.5 Å². The average molecular weight is 430 g/mol. The minimum absolute atomic E-state index is 0.157. The number of hydrogen-bond acceptors (Lipinski definition) is 8. The third-order valence-corrected chi connectivity index (χ3v) is 6.39. The molecule has 28 heavy (non-hydrogen) atoms. The zero-order chi connectivity index (χ0) is 19.8. The van der Waals surface area contributed by atoms with E-state index in [0.29, 0.717) is 21.3 Å². The lowest BCUT2D eigenvalue weighted by atomic mass is 10.2. The van der Waals surface area contributed by atoms with E-state index in [1.165, 1.54) is 34.4 Å². The quantitative estimate of drug-likeness (QED) is 0.419. The molecule has 3 rings (SSSR count). The number of nitrogens with one attached hydrogen (secondary N) is 2. The molecule has 0 spiro atoms. The van der Waals surface area contributed by atoms with Crippen LogP contribution in [0.4, 0.5) is 5.13 Å². The molecule has 142 valence electrons. The third-order valence-electron chi connectivity index (χ3n) is 3.48. The zero-order valence-electron chi connectivity index (χ0n) is 14.5. The van der Waals surface area contributed by atoms with Gasteiger partial charge in [0.15, 0.2) is 4.34 Å². The first-order chi connectivity index (χ1) is 13.6. The van der Waals surface area contributed by atoms with Crippen molar-refractivity contribution in [1.82, 2.24) is 15.5 Å². The summed E-state index contributed by atoms with van der Waals surface area (Å²) >= 11 is 4.16. The van der Waals surface area contributed by atoms with Crippen LogP contribution >= 0.6 is 34.4 Å². The standard InChI is InChI=1S/C18H15N5O2S3/c19-10-12-3-5-13(6-4-12)11-27-18-23-22-17(28-18)21-15(24)7-8-20-16(25)14-2-1-9-26-14/h1-6,9H,7-8,11H2,(H,20,25)(H,21,22,24). The Bertz CT molecular complexity index is 978. The number of rotatable bonds is 8. The predicted molar refractivity (Wildman–Crippen MR) is 111 cm³/mol. The van der Waals surface area contributed by atoms with Crippen molar-refractivity contribution in [2.75, 3.05) is 11.9 Å². The van der Waals surface area contributed by atoms with Crippen molar-refractivity contribution in [3.63, 3.8) is 0 Å². The monoisotopic (exact) mass is 429 g/mol. The lowest BCUT2D eigenvalue weighted by Crippen LogP contribution is -2.27. The van der Waals surface area contributed by atoms with E-state index in [1.54, 1.807) is 24.3 Å². The number of nitrogens with zero attached hydrogens (tertiary/aromatic N) is 3. The first-order valence-corrected chi connectivity index (χ1v) is 10.9. The Labute approximate surface area is 173 Å². The van der Waals surface area contributed by atoms with Crippen LogP contribution in [-0.2, 0) is 10.5 Å². The fourth-order valence-electron chi connectivity index (χ4n) is 2.11. The summed E-state index contributed by atoms with van der Waals surface area (Å²) in [6, 6.07) is 13.0. The Morgan fingerprint density at radius 3 is 2.71 bits per heavy atom. The van der Waals surface area contributed by atoms with Crippen LogP contribution in [0.15, 0.2) is 46.1 Å². The second-order valence-corrected chi connectivity index (χ2v) is 8.65. The molecule has 2 aromatic heterocycles. The summed E-state index contributed by atoms with van der Waals surface area (Å²) in [6.45, 7) is 0.252. The van der Waals surface area contributed by atoms with E-state index < -0.39 is 0 Å². The van der Waals surface area contributed by atoms with Gasteiger partial charge >= 0.3 is 0 Å². The summed E-state index contributed by atoms with van der Waals surface area (Å²) in [5, 5.41) is 24.5. The molecular weight excluding hydrogens is 414 g/mol. The van der Waals surface area contributed by atoms with Crippen LogP contribution in [0.3, 0.4) is 0 Å². The molecular formula is C18H15N5O2S3. The van der Waals surface area contributed by atoms with Crippen molar-refractivity contribution >= 4 is 51.4 Å². The van der Waals surface area contributed by atoms with E-state index in [9.17, 15) is 9.59 Å². The molecule has 0 fully saturated rings. The first-order valence-electron chi connectivity index (χ1n) is 8.21. The van der Waals surface area contributed by atoms with Gasteiger partial charge in [-0.05, 0) is 29.1 Å². The molecule has 0 atom stereocenters. The topological polar surface area (TPSA) is 108 Å². The highest BCUT2D eigenvalue weighted by molar-refractivity contribution is 8.00. The summed E-state index contributed by atoms with van der Waals surface area (Å²) in [6.07, 6.45) is 0.157. The maximum Gasteiger partial charge on any atom is 0.261 e. The zero-order valence-corrected chi connectivity index (χ0v) is 17.0. The van der Waals surface area contributed by atoms with Crippen LogP contribution < -0.4 is 10.6 Å². The maximum absolute atomic E-state index is 12.0. The Hall–Kier alpha value is -2.74. The molecule has 0 saturated carbocycles. The number of amides is 2. The highest BCUT2D eigenvalue weighted by Gasteiger charge is 2.10. The van der Waals surface area contributed by atoms with E-state index in [2.05, 4.69) is 26.9 Å². The number of thioether (sulfide) groups is 1. The van der Waals surface area contributed by atoms with Gasteiger partial charge in [-0.3, -0.25) is 9.59 Å². The van der Waals surface area contributed by atoms with Gasteiger partial charge in [0.1, 0.15) is 0 Å². The maximum atomic E-state index is 12.0. The summed E-state index contributed by atoms with van der Waals surface area (Å²) in [7, 11) is 0. The van der Waals surface area contributed by atoms with Crippen molar-refractivity contribution < 1.29 is 9.59 Å². The molecule has 3 aromatic rings. The van der Waals surface area contributed by atoms with Crippen molar-refractivity contribution in [2.45, 2.75) is 16.5 Å². The normalized spacial score (nSPS) is 10.2. The molecule has 0 unspecified atom stereocenters. The van der Waals surface area contributed by atoms with Crippen LogP contribution in [0.5, 0.6) is 0 Å². The number of thiophene rings is 1. The summed E-state index contributed by atoms with van der Waals surface area (Å²) in [4.78, 5) is 24.4. The minimum atomic E-state index is -0.230. The van der Waals surface area contributed by atoms with E-state index in [0.717, 1.165) is 9.90 Å². The van der Waals surface area contributed by atoms with Crippen LogP contribution in [0, 0.1) is 11.3 Å². The van der Waals surface area contributed by atoms with Gasteiger partial charge in [0.05, 0.1) is 16.5 Å². The molecule has 0 aliphatic carbocycles. The largest absolute Gasteiger partial charge is 0.351 e. The fraction of sp³-hybridized carbons (Fsp3) is 0.167. The average Bonchev–Trinajstić information content (AvgIpc) is 3.39. The molecule has 2 heterocycles. The molecule has 0 aliphatic heterocycles. The van der Waals surface area contributed by atoms with Gasteiger partial charge in [0.25, 0.3) is 5.91 Å². The highest BCUT2D eigenvalue weighted by atomic mass is 32.2. The summed E-state index contributed by atoms with van der Waals surface area (Å²) in [5.74, 6) is 0.287. The van der Waals surface area contributed by atoms with Gasteiger partial charge < -0.3 is 10.6 Å². The molecule has 2 N–H and O–H groups in total. The molecule has 0 saturated heterocycles. The van der Waals surface area contributed by atoms with Gasteiger partial charge in [0, 0.05) is 18.7 Å². The van der Waals surface area contributed by atoms with Crippen LogP contribution in [-0.4, -0.2) is 28.6 Å². The smallest absolute Gasteiger partial charge is 0.261 e. The fourth-order valence-corrected chi connectivity index (χ4v) is 4.47. The minimum Gasteiger partial charge on any atom is -0.351 e. The Balaban J connectivity index is 1.40. The Kier molecular flexibility index (Phi) is 7.13. The first kappa shape index (κ1) is 20.0. The summed E-state index contributed by atoms with van der Waals surface area (Å²) in [5.41, 5.74) is 1.70. The number of carbonyl (C=O) groups excluding carboxylic acids is 2. The van der Waals surface area contributed by atoms with Crippen molar-refractivity contribution in [3.8, 4) is 6.07 Å².